The van der Waals surface area contributed by atoms with Crippen LogP contribution in [-0.2, 0) is 17.9 Å². The summed E-state index contributed by atoms with van der Waals surface area (Å²) in [5.74, 6) is 0. The van der Waals surface area contributed by atoms with Gasteiger partial charge in [-0.3, -0.25) is 4.68 Å². The van der Waals surface area contributed by atoms with Gasteiger partial charge in [-0.1, -0.05) is 0 Å². The summed E-state index contributed by atoms with van der Waals surface area (Å²) < 4.78 is 7.51. The Labute approximate surface area is 71.3 Å². The SMILES string of the molecule is CC1(C)Cn2ncc(N)c2CO1. The van der Waals surface area contributed by atoms with E-state index in [9.17, 15) is 0 Å². The number of hydrogen-bond acceptors (Lipinski definition) is 3. The molecule has 0 aromatic carbocycles. The Balaban J connectivity index is 2.37. The quantitative estimate of drug-likeness (QED) is 0.621. The first-order chi connectivity index (χ1) is 5.58. The summed E-state index contributed by atoms with van der Waals surface area (Å²) in [6.07, 6.45) is 1.68. The van der Waals surface area contributed by atoms with Crippen LogP contribution in [0, 0.1) is 0 Å². The molecule has 0 aliphatic carbocycles. The van der Waals surface area contributed by atoms with E-state index in [2.05, 4.69) is 5.10 Å². The van der Waals surface area contributed by atoms with Crippen molar-refractivity contribution in [1.82, 2.24) is 9.78 Å². The summed E-state index contributed by atoms with van der Waals surface area (Å²) in [5, 5.41) is 4.16. The van der Waals surface area contributed by atoms with Crippen LogP contribution in [-0.4, -0.2) is 15.4 Å². The van der Waals surface area contributed by atoms with Crippen LogP contribution in [0.2, 0.25) is 0 Å². The lowest BCUT2D eigenvalue weighted by Gasteiger charge is -2.30. The Morgan fingerprint density at radius 2 is 2.42 bits per heavy atom. The fourth-order valence-electron chi connectivity index (χ4n) is 1.39. The number of rotatable bonds is 0. The standard InChI is InChI=1S/C8H13N3O/c1-8(2)5-11-7(4-12-8)6(9)3-10-11/h3H,4-5,9H2,1-2H3. The van der Waals surface area contributed by atoms with E-state index in [4.69, 9.17) is 10.5 Å². The molecule has 12 heavy (non-hydrogen) atoms. The van der Waals surface area contributed by atoms with Crippen molar-refractivity contribution in [3.05, 3.63) is 11.9 Å². The van der Waals surface area contributed by atoms with Crippen molar-refractivity contribution in [3.8, 4) is 0 Å². The molecule has 2 N–H and O–H groups in total. The summed E-state index contributed by atoms with van der Waals surface area (Å²) in [7, 11) is 0. The maximum Gasteiger partial charge on any atom is 0.0913 e. The molecule has 1 aliphatic heterocycles. The molecular weight excluding hydrogens is 154 g/mol. The van der Waals surface area contributed by atoms with Gasteiger partial charge < -0.3 is 10.5 Å². The largest absolute Gasteiger partial charge is 0.396 e. The highest BCUT2D eigenvalue weighted by Crippen LogP contribution is 2.24. The molecule has 2 heterocycles. The second-order valence-corrected chi connectivity index (χ2v) is 3.75. The van der Waals surface area contributed by atoms with Crippen LogP contribution >= 0.6 is 0 Å². The van der Waals surface area contributed by atoms with Crippen LogP contribution in [0.3, 0.4) is 0 Å². The minimum Gasteiger partial charge on any atom is -0.396 e. The highest BCUT2D eigenvalue weighted by Gasteiger charge is 2.27. The molecule has 4 heteroatoms. The zero-order valence-corrected chi connectivity index (χ0v) is 7.37. The van der Waals surface area contributed by atoms with Crippen LogP contribution in [0.1, 0.15) is 19.5 Å². The van der Waals surface area contributed by atoms with E-state index in [-0.39, 0.29) is 5.60 Å². The molecule has 0 spiro atoms. The fourth-order valence-corrected chi connectivity index (χ4v) is 1.39. The van der Waals surface area contributed by atoms with Gasteiger partial charge in [0.15, 0.2) is 0 Å². The van der Waals surface area contributed by atoms with Crippen LogP contribution in [0.25, 0.3) is 0 Å². The van der Waals surface area contributed by atoms with Gasteiger partial charge in [0.2, 0.25) is 0 Å². The zero-order chi connectivity index (χ0) is 8.77. The summed E-state index contributed by atoms with van der Waals surface area (Å²) in [6, 6.07) is 0. The Bertz CT molecular complexity index is 303. The smallest absolute Gasteiger partial charge is 0.0913 e. The lowest BCUT2D eigenvalue weighted by Crippen LogP contribution is -2.36. The summed E-state index contributed by atoms with van der Waals surface area (Å²) in [4.78, 5) is 0. The van der Waals surface area contributed by atoms with Crippen molar-refractivity contribution < 1.29 is 4.74 Å². The molecule has 0 atom stereocenters. The zero-order valence-electron chi connectivity index (χ0n) is 7.37. The topological polar surface area (TPSA) is 53.1 Å². The normalized spacial score (nSPS) is 20.5. The number of fused-ring (bicyclic) bond motifs is 1. The van der Waals surface area contributed by atoms with E-state index >= 15 is 0 Å². The minimum absolute atomic E-state index is 0.120. The third-order valence-electron chi connectivity index (χ3n) is 2.11. The molecule has 0 unspecified atom stereocenters. The summed E-state index contributed by atoms with van der Waals surface area (Å²) in [6.45, 7) is 5.44. The first-order valence-corrected chi connectivity index (χ1v) is 4.03. The molecule has 0 radical (unpaired) electrons. The average Bonchev–Trinajstić information content (AvgIpc) is 2.30. The molecule has 0 saturated heterocycles. The van der Waals surface area contributed by atoms with Crippen molar-refractivity contribution in [2.24, 2.45) is 0 Å². The molecule has 0 fully saturated rings. The summed E-state index contributed by atoms with van der Waals surface area (Å²) >= 11 is 0. The molecule has 1 aliphatic rings. The maximum absolute atomic E-state index is 5.69. The first kappa shape index (κ1) is 7.61. The first-order valence-electron chi connectivity index (χ1n) is 4.03. The van der Waals surface area contributed by atoms with Gasteiger partial charge in [0.05, 0.1) is 36.3 Å². The van der Waals surface area contributed by atoms with E-state index < -0.39 is 0 Å². The van der Waals surface area contributed by atoms with Crippen LogP contribution in [0.15, 0.2) is 6.20 Å². The van der Waals surface area contributed by atoms with Crippen LogP contribution in [0.5, 0.6) is 0 Å². The molecule has 4 nitrogen and oxygen atoms in total. The molecule has 0 amide bonds. The van der Waals surface area contributed by atoms with Gasteiger partial charge in [-0.05, 0) is 13.8 Å². The molecule has 2 rings (SSSR count). The Morgan fingerprint density at radius 1 is 1.67 bits per heavy atom. The lowest BCUT2D eigenvalue weighted by atomic mass is 10.1. The maximum atomic E-state index is 5.69. The number of nitrogen functional groups attached to an aromatic ring is 1. The van der Waals surface area contributed by atoms with E-state index in [0.29, 0.717) is 6.61 Å². The van der Waals surface area contributed by atoms with Crippen molar-refractivity contribution in [2.45, 2.75) is 32.6 Å². The second-order valence-electron chi connectivity index (χ2n) is 3.75. The van der Waals surface area contributed by atoms with Gasteiger partial charge in [-0.15, -0.1) is 0 Å². The van der Waals surface area contributed by atoms with E-state index in [0.717, 1.165) is 17.9 Å². The number of anilines is 1. The number of ether oxygens (including phenoxy) is 1. The predicted molar refractivity (Wildman–Crippen MR) is 45.5 cm³/mol. The van der Waals surface area contributed by atoms with Gasteiger partial charge in [0.1, 0.15) is 0 Å². The number of nitrogens with zero attached hydrogens (tertiary/aromatic N) is 2. The second kappa shape index (κ2) is 2.23. The highest BCUT2D eigenvalue weighted by atomic mass is 16.5. The average molecular weight is 167 g/mol. The Morgan fingerprint density at radius 3 is 3.17 bits per heavy atom. The van der Waals surface area contributed by atoms with Crippen LogP contribution in [0.4, 0.5) is 5.69 Å². The minimum atomic E-state index is -0.120. The number of nitrogens with two attached hydrogens (primary N) is 1. The third-order valence-corrected chi connectivity index (χ3v) is 2.11. The predicted octanol–water partition coefficient (Wildman–Crippen LogP) is 0.774. The monoisotopic (exact) mass is 167 g/mol. The Hall–Kier alpha value is -1.03. The molecule has 1 aromatic rings. The molecule has 0 saturated carbocycles. The van der Waals surface area contributed by atoms with E-state index in [1.165, 1.54) is 0 Å². The van der Waals surface area contributed by atoms with Gasteiger partial charge in [-0.25, -0.2) is 0 Å². The van der Waals surface area contributed by atoms with Crippen molar-refractivity contribution in [2.75, 3.05) is 5.73 Å². The van der Waals surface area contributed by atoms with Crippen molar-refractivity contribution in [3.63, 3.8) is 0 Å². The third kappa shape index (κ3) is 1.08. The molecule has 1 aromatic heterocycles. The molecular formula is C8H13N3O. The fraction of sp³-hybridized carbons (Fsp3) is 0.625. The lowest BCUT2D eigenvalue weighted by molar-refractivity contribution is -0.0657. The van der Waals surface area contributed by atoms with Gasteiger partial charge in [0, 0.05) is 0 Å². The number of hydrogen-bond donors (Lipinski definition) is 1. The van der Waals surface area contributed by atoms with Crippen molar-refractivity contribution in [1.29, 1.82) is 0 Å². The van der Waals surface area contributed by atoms with E-state index in [1.54, 1.807) is 6.20 Å². The van der Waals surface area contributed by atoms with Gasteiger partial charge >= 0.3 is 0 Å². The van der Waals surface area contributed by atoms with Gasteiger partial charge in [0.25, 0.3) is 0 Å². The van der Waals surface area contributed by atoms with E-state index in [1.807, 2.05) is 18.5 Å². The highest BCUT2D eigenvalue weighted by molar-refractivity contribution is 5.40. The molecule has 66 valence electrons. The summed E-state index contributed by atoms with van der Waals surface area (Å²) in [5.41, 5.74) is 7.29. The van der Waals surface area contributed by atoms with Crippen molar-refractivity contribution >= 4 is 5.69 Å². The Kier molecular flexibility index (Phi) is 1.41. The molecule has 0 bridgehead atoms. The van der Waals surface area contributed by atoms with Gasteiger partial charge in [-0.2, -0.15) is 5.10 Å². The van der Waals surface area contributed by atoms with Crippen LogP contribution < -0.4 is 5.73 Å². The number of aromatic nitrogens is 2.